The van der Waals surface area contributed by atoms with Crippen LogP contribution in [0.4, 0.5) is 8.78 Å². The molecule has 0 radical (unpaired) electrons. The molecule has 1 aliphatic rings. The van der Waals surface area contributed by atoms with E-state index in [0.717, 1.165) is 12.1 Å². The first kappa shape index (κ1) is 15.6. The number of ketones is 1. The average Bonchev–Trinajstić information content (AvgIpc) is 2.40. The van der Waals surface area contributed by atoms with Gasteiger partial charge in [-0.25, -0.2) is 8.78 Å². The molecule has 1 unspecified atom stereocenters. The maximum absolute atomic E-state index is 13.7. The van der Waals surface area contributed by atoms with E-state index in [-0.39, 0.29) is 11.5 Å². The van der Waals surface area contributed by atoms with E-state index in [4.69, 9.17) is 0 Å². The summed E-state index contributed by atoms with van der Waals surface area (Å²) < 4.78 is 26.7. The number of piperazine rings is 1. The lowest BCUT2D eigenvalue weighted by Gasteiger charge is -2.44. The van der Waals surface area contributed by atoms with Crippen LogP contribution < -0.4 is 5.32 Å². The van der Waals surface area contributed by atoms with Crippen molar-refractivity contribution < 1.29 is 18.4 Å². The Kier molecular flexibility index (Phi) is 4.09. The van der Waals surface area contributed by atoms with Crippen LogP contribution in [0.3, 0.4) is 0 Å². The van der Waals surface area contributed by atoms with Gasteiger partial charge < -0.3 is 5.32 Å². The summed E-state index contributed by atoms with van der Waals surface area (Å²) in [4.78, 5) is 26.1. The van der Waals surface area contributed by atoms with E-state index >= 15 is 0 Å². The molecule has 1 aliphatic heterocycles. The highest BCUT2D eigenvalue weighted by atomic mass is 19.1. The van der Waals surface area contributed by atoms with E-state index in [9.17, 15) is 18.4 Å². The normalized spacial score (nSPS) is 20.0. The fourth-order valence-electron chi connectivity index (χ4n) is 2.65. The van der Waals surface area contributed by atoms with E-state index in [1.807, 2.05) is 0 Å². The van der Waals surface area contributed by atoms with Gasteiger partial charge in [-0.3, -0.25) is 14.5 Å². The minimum atomic E-state index is -0.883. The molecule has 1 N–H and O–H groups in total. The quantitative estimate of drug-likeness (QED) is 0.865. The van der Waals surface area contributed by atoms with Crippen LogP contribution in [0.5, 0.6) is 0 Å². The summed E-state index contributed by atoms with van der Waals surface area (Å²) in [5, 5.41) is 2.74. The second-order valence-corrected chi connectivity index (χ2v) is 5.67. The van der Waals surface area contributed by atoms with Gasteiger partial charge in [-0.1, -0.05) is 0 Å². The highest BCUT2D eigenvalue weighted by Gasteiger charge is 2.42. The van der Waals surface area contributed by atoms with Crippen molar-refractivity contribution in [2.45, 2.75) is 32.4 Å². The third-order valence-electron chi connectivity index (χ3n) is 3.96. The summed E-state index contributed by atoms with van der Waals surface area (Å²) >= 11 is 0. The number of rotatable bonds is 3. The predicted molar refractivity (Wildman–Crippen MR) is 73.9 cm³/mol. The van der Waals surface area contributed by atoms with Crippen LogP contribution in [0.15, 0.2) is 18.2 Å². The molecule has 4 nitrogen and oxygen atoms in total. The Morgan fingerprint density at radius 3 is 2.67 bits per heavy atom. The molecule has 0 bridgehead atoms. The number of Topliss-reactive ketones (excluding diaryl/α,β-unsaturated/α-hetero) is 1. The lowest BCUT2D eigenvalue weighted by atomic mass is 9.93. The Balaban J connectivity index is 2.28. The molecular weight excluding hydrogens is 278 g/mol. The van der Waals surface area contributed by atoms with Crippen molar-refractivity contribution in [3.8, 4) is 0 Å². The average molecular weight is 296 g/mol. The van der Waals surface area contributed by atoms with Crippen LogP contribution >= 0.6 is 0 Å². The number of hydrogen-bond acceptors (Lipinski definition) is 3. The second kappa shape index (κ2) is 5.52. The summed E-state index contributed by atoms with van der Waals surface area (Å²) in [5.74, 6) is -2.25. The first-order chi connectivity index (χ1) is 9.75. The summed E-state index contributed by atoms with van der Waals surface area (Å²) in [6, 6.07) is 2.21. The van der Waals surface area contributed by atoms with E-state index < -0.39 is 29.0 Å². The van der Waals surface area contributed by atoms with Gasteiger partial charge in [-0.05, 0) is 32.9 Å². The third kappa shape index (κ3) is 2.81. The largest absolute Gasteiger partial charge is 0.353 e. The molecule has 1 atom stereocenters. The predicted octanol–water partition coefficient (Wildman–Crippen LogP) is 1.75. The number of nitrogens with one attached hydrogen (secondary N) is 1. The molecule has 1 aromatic rings. The first-order valence-electron chi connectivity index (χ1n) is 6.79. The number of carbonyl (C=O) groups is 2. The molecule has 0 aliphatic carbocycles. The van der Waals surface area contributed by atoms with Crippen LogP contribution in [0.1, 0.15) is 31.1 Å². The Morgan fingerprint density at radius 2 is 2.05 bits per heavy atom. The van der Waals surface area contributed by atoms with E-state index in [2.05, 4.69) is 5.32 Å². The Bertz CT molecular complexity index is 587. The van der Waals surface area contributed by atoms with Crippen LogP contribution in [0.2, 0.25) is 0 Å². The number of amides is 1. The first-order valence-corrected chi connectivity index (χ1v) is 6.79. The lowest BCUT2D eigenvalue weighted by molar-refractivity contribution is -0.135. The van der Waals surface area contributed by atoms with Crippen LogP contribution in [0.25, 0.3) is 0 Å². The Morgan fingerprint density at radius 1 is 1.38 bits per heavy atom. The van der Waals surface area contributed by atoms with E-state index in [1.54, 1.807) is 25.7 Å². The van der Waals surface area contributed by atoms with Crippen molar-refractivity contribution in [3.05, 3.63) is 35.4 Å². The van der Waals surface area contributed by atoms with Crippen molar-refractivity contribution in [2.75, 3.05) is 13.1 Å². The molecule has 1 amide bonds. The fraction of sp³-hybridized carbons (Fsp3) is 0.467. The number of carbonyl (C=O) groups excluding carboxylic acids is 2. The smallest absolute Gasteiger partial charge is 0.240 e. The van der Waals surface area contributed by atoms with Gasteiger partial charge in [0.15, 0.2) is 5.78 Å². The summed E-state index contributed by atoms with van der Waals surface area (Å²) in [6.45, 7) is 5.99. The summed E-state index contributed by atoms with van der Waals surface area (Å²) in [5.41, 5.74) is -1.02. The van der Waals surface area contributed by atoms with Crippen molar-refractivity contribution in [1.82, 2.24) is 10.2 Å². The van der Waals surface area contributed by atoms with Gasteiger partial charge in [0.05, 0.1) is 17.1 Å². The molecule has 114 valence electrons. The van der Waals surface area contributed by atoms with E-state index in [1.165, 1.54) is 0 Å². The van der Waals surface area contributed by atoms with Gasteiger partial charge in [0.25, 0.3) is 0 Å². The van der Waals surface area contributed by atoms with Gasteiger partial charge in [0.1, 0.15) is 11.6 Å². The topological polar surface area (TPSA) is 49.4 Å². The molecule has 21 heavy (non-hydrogen) atoms. The summed E-state index contributed by atoms with van der Waals surface area (Å²) in [7, 11) is 0. The zero-order valence-electron chi connectivity index (χ0n) is 12.2. The van der Waals surface area contributed by atoms with Gasteiger partial charge in [-0.15, -0.1) is 0 Å². The maximum atomic E-state index is 13.7. The molecule has 1 aromatic carbocycles. The highest BCUT2D eigenvalue weighted by Crippen LogP contribution is 2.23. The minimum absolute atomic E-state index is 0.161. The number of nitrogens with zero attached hydrogens (tertiary/aromatic N) is 1. The fourth-order valence-corrected chi connectivity index (χ4v) is 2.65. The van der Waals surface area contributed by atoms with Crippen molar-refractivity contribution >= 4 is 11.7 Å². The molecule has 6 heteroatoms. The van der Waals surface area contributed by atoms with Gasteiger partial charge >= 0.3 is 0 Å². The standard InChI is InChI=1S/C15H18F2N2O2/c1-9(19-7-6-18-14(21)15(19,2)3)13(20)11-5-4-10(16)8-12(11)17/h4-5,8-9H,6-7H2,1-3H3,(H,18,21). The molecule has 0 aromatic heterocycles. The second-order valence-electron chi connectivity index (χ2n) is 5.67. The zero-order valence-corrected chi connectivity index (χ0v) is 12.2. The van der Waals surface area contributed by atoms with Gasteiger partial charge in [0, 0.05) is 19.2 Å². The molecule has 1 fully saturated rings. The third-order valence-corrected chi connectivity index (χ3v) is 3.96. The Labute approximate surface area is 122 Å². The number of benzene rings is 1. The minimum Gasteiger partial charge on any atom is -0.353 e. The molecule has 0 saturated carbocycles. The zero-order chi connectivity index (χ0) is 15.8. The van der Waals surface area contributed by atoms with Gasteiger partial charge in [0.2, 0.25) is 5.91 Å². The van der Waals surface area contributed by atoms with Gasteiger partial charge in [-0.2, -0.15) is 0 Å². The van der Waals surface area contributed by atoms with Crippen molar-refractivity contribution in [2.24, 2.45) is 0 Å². The molecule has 0 spiro atoms. The lowest BCUT2D eigenvalue weighted by Crippen LogP contribution is -2.65. The molecule has 1 heterocycles. The van der Waals surface area contributed by atoms with Crippen molar-refractivity contribution in [1.29, 1.82) is 0 Å². The SMILES string of the molecule is CC(C(=O)c1ccc(F)cc1F)N1CCNC(=O)C1(C)C. The van der Waals surface area contributed by atoms with Crippen LogP contribution in [-0.2, 0) is 4.79 Å². The molecule has 2 rings (SSSR count). The maximum Gasteiger partial charge on any atom is 0.240 e. The number of halogens is 2. The molecular formula is C15H18F2N2O2. The Hall–Kier alpha value is -1.82. The highest BCUT2D eigenvalue weighted by molar-refractivity contribution is 6.00. The van der Waals surface area contributed by atoms with Crippen molar-refractivity contribution in [3.63, 3.8) is 0 Å². The number of hydrogen-bond donors (Lipinski definition) is 1. The monoisotopic (exact) mass is 296 g/mol. The van der Waals surface area contributed by atoms with Crippen LogP contribution in [0, 0.1) is 11.6 Å². The summed E-state index contributed by atoms with van der Waals surface area (Å²) in [6.07, 6.45) is 0. The molecule has 1 saturated heterocycles. The van der Waals surface area contributed by atoms with Crippen LogP contribution in [-0.4, -0.2) is 41.3 Å². The van der Waals surface area contributed by atoms with E-state index in [0.29, 0.717) is 19.2 Å².